The minimum Gasteiger partial charge on any atom is -0.352 e. The van der Waals surface area contributed by atoms with E-state index in [0.717, 1.165) is 16.7 Å². The molecule has 1 aromatic carbocycles. The number of thiophene rings is 1. The molecule has 6 nitrogen and oxygen atoms in total. The standard InChI is InChI=1S/C22H20N4O2S/c1-15-4-6-17(7-5-15)18-13-29-21-20(18)22(28)26(14-25-21)10-8-19(27)24-12-16-3-2-9-23-11-16/h2-7,9,11,13-14H,8,10,12H2,1H3,(H,24,27). The third-order valence-electron chi connectivity index (χ3n) is 4.72. The third kappa shape index (κ3) is 4.25. The second-order valence-corrected chi connectivity index (χ2v) is 7.68. The number of aromatic nitrogens is 3. The number of carbonyl (C=O) groups is 1. The smallest absolute Gasteiger partial charge is 0.262 e. The van der Waals surface area contributed by atoms with E-state index < -0.39 is 0 Å². The Morgan fingerprint density at radius 3 is 2.79 bits per heavy atom. The van der Waals surface area contributed by atoms with Crippen molar-refractivity contribution in [3.63, 3.8) is 0 Å². The lowest BCUT2D eigenvalue weighted by Gasteiger charge is -2.08. The van der Waals surface area contributed by atoms with Gasteiger partial charge in [-0.1, -0.05) is 35.9 Å². The first-order chi connectivity index (χ1) is 14.1. The van der Waals surface area contributed by atoms with Crippen LogP contribution in [0.2, 0.25) is 0 Å². The van der Waals surface area contributed by atoms with Gasteiger partial charge in [0, 0.05) is 42.8 Å². The van der Waals surface area contributed by atoms with Gasteiger partial charge in [0.05, 0.1) is 11.7 Å². The molecule has 0 aliphatic carbocycles. The van der Waals surface area contributed by atoms with Crippen LogP contribution in [0.4, 0.5) is 0 Å². The van der Waals surface area contributed by atoms with Gasteiger partial charge in [0.1, 0.15) is 4.83 Å². The molecule has 3 aromatic heterocycles. The van der Waals surface area contributed by atoms with Crippen molar-refractivity contribution in [1.82, 2.24) is 19.9 Å². The number of pyridine rings is 1. The lowest BCUT2D eigenvalue weighted by molar-refractivity contribution is -0.121. The number of carbonyl (C=O) groups excluding carboxylic acids is 1. The summed E-state index contributed by atoms with van der Waals surface area (Å²) in [6, 6.07) is 11.8. The van der Waals surface area contributed by atoms with Crippen molar-refractivity contribution < 1.29 is 4.79 Å². The summed E-state index contributed by atoms with van der Waals surface area (Å²) >= 11 is 1.46. The van der Waals surface area contributed by atoms with E-state index in [2.05, 4.69) is 15.3 Å². The van der Waals surface area contributed by atoms with E-state index in [0.29, 0.717) is 16.8 Å². The van der Waals surface area contributed by atoms with Gasteiger partial charge in [0.25, 0.3) is 5.56 Å². The predicted octanol–water partition coefficient (Wildman–Crippen LogP) is 3.53. The van der Waals surface area contributed by atoms with E-state index in [1.807, 2.05) is 48.7 Å². The van der Waals surface area contributed by atoms with Crippen LogP contribution in [0, 0.1) is 6.92 Å². The summed E-state index contributed by atoms with van der Waals surface area (Å²) in [5.74, 6) is -0.120. The number of amides is 1. The summed E-state index contributed by atoms with van der Waals surface area (Å²) in [7, 11) is 0. The van der Waals surface area contributed by atoms with Crippen LogP contribution in [-0.4, -0.2) is 20.4 Å². The molecule has 0 atom stereocenters. The van der Waals surface area contributed by atoms with Crippen molar-refractivity contribution in [2.24, 2.45) is 0 Å². The first kappa shape index (κ1) is 19.0. The minimum absolute atomic E-state index is 0.119. The van der Waals surface area contributed by atoms with Gasteiger partial charge in [-0.2, -0.15) is 0 Å². The van der Waals surface area contributed by atoms with E-state index in [9.17, 15) is 9.59 Å². The summed E-state index contributed by atoms with van der Waals surface area (Å²) in [5.41, 5.74) is 3.86. The normalized spacial score (nSPS) is 10.9. The molecule has 4 aromatic rings. The van der Waals surface area contributed by atoms with Crippen molar-refractivity contribution in [3.8, 4) is 11.1 Å². The second kappa shape index (κ2) is 8.36. The highest BCUT2D eigenvalue weighted by atomic mass is 32.1. The van der Waals surface area contributed by atoms with Crippen molar-refractivity contribution in [3.05, 3.63) is 82.0 Å². The summed E-state index contributed by atoms with van der Waals surface area (Å²) in [6.07, 6.45) is 5.13. The highest BCUT2D eigenvalue weighted by Gasteiger charge is 2.14. The van der Waals surface area contributed by atoms with Gasteiger partial charge in [0.2, 0.25) is 5.91 Å². The number of fused-ring (bicyclic) bond motifs is 1. The fraction of sp³-hybridized carbons (Fsp3) is 0.182. The summed E-state index contributed by atoms with van der Waals surface area (Å²) in [4.78, 5) is 34.4. The fourth-order valence-corrected chi connectivity index (χ4v) is 3.99. The molecule has 0 aliphatic heterocycles. The average Bonchev–Trinajstić information content (AvgIpc) is 3.18. The molecular weight excluding hydrogens is 384 g/mol. The number of aryl methyl sites for hydroxylation is 2. The van der Waals surface area contributed by atoms with Crippen molar-refractivity contribution in [2.75, 3.05) is 0 Å². The van der Waals surface area contributed by atoms with Gasteiger partial charge in [-0.15, -0.1) is 11.3 Å². The first-order valence-electron chi connectivity index (χ1n) is 9.31. The number of rotatable bonds is 6. The topological polar surface area (TPSA) is 76.9 Å². The van der Waals surface area contributed by atoms with Crippen LogP contribution >= 0.6 is 11.3 Å². The van der Waals surface area contributed by atoms with Gasteiger partial charge >= 0.3 is 0 Å². The van der Waals surface area contributed by atoms with E-state index >= 15 is 0 Å². The van der Waals surface area contributed by atoms with Crippen LogP contribution in [-0.2, 0) is 17.9 Å². The Morgan fingerprint density at radius 1 is 1.21 bits per heavy atom. The van der Waals surface area contributed by atoms with Crippen molar-refractivity contribution >= 4 is 27.5 Å². The van der Waals surface area contributed by atoms with Gasteiger partial charge < -0.3 is 5.32 Å². The molecule has 0 saturated heterocycles. The SMILES string of the molecule is Cc1ccc(-c2csc3ncn(CCC(=O)NCc4cccnc4)c(=O)c23)cc1. The highest BCUT2D eigenvalue weighted by Crippen LogP contribution is 2.30. The van der Waals surface area contributed by atoms with E-state index in [1.165, 1.54) is 27.8 Å². The van der Waals surface area contributed by atoms with E-state index in [1.54, 1.807) is 12.4 Å². The molecule has 0 spiro atoms. The maximum atomic E-state index is 13.0. The van der Waals surface area contributed by atoms with Crippen LogP contribution in [0.3, 0.4) is 0 Å². The number of benzene rings is 1. The molecule has 4 rings (SSSR count). The molecule has 1 N–H and O–H groups in total. The second-order valence-electron chi connectivity index (χ2n) is 6.83. The molecule has 29 heavy (non-hydrogen) atoms. The van der Waals surface area contributed by atoms with Crippen LogP contribution in [0.25, 0.3) is 21.3 Å². The monoisotopic (exact) mass is 404 g/mol. The lowest BCUT2D eigenvalue weighted by Crippen LogP contribution is -2.27. The molecule has 0 bridgehead atoms. The molecular formula is C22H20N4O2S. The Morgan fingerprint density at radius 2 is 2.03 bits per heavy atom. The van der Waals surface area contributed by atoms with Gasteiger partial charge in [-0.05, 0) is 24.1 Å². The fourth-order valence-electron chi connectivity index (χ4n) is 3.09. The molecule has 0 unspecified atom stereocenters. The Kier molecular flexibility index (Phi) is 5.48. The molecule has 0 fully saturated rings. The third-order valence-corrected chi connectivity index (χ3v) is 5.60. The maximum absolute atomic E-state index is 13.0. The first-order valence-corrected chi connectivity index (χ1v) is 10.2. The maximum Gasteiger partial charge on any atom is 0.262 e. The molecule has 146 valence electrons. The zero-order valence-electron chi connectivity index (χ0n) is 16.0. The zero-order chi connectivity index (χ0) is 20.2. The van der Waals surface area contributed by atoms with Crippen LogP contribution < -0.4 is 10.9 Å². The summed E-state index contributed by atoms with van der Waals surface area (Å²) in [6.45, 7) is 2.73. The Balaban J connectivity index is 1.50. The Labute approximate surface area is 171 Å². The predicted molar refractivity (Wildman–Crippen MR) is 115 cm³/mol. The number of nitrogens with one attached hydrogen (secondary N) is 1. The number of hydrogen-bond donors (Lipinski definition) is 1. The summed E-state index contributed by atoms with van der Waals surface area (Å²) < 4.78 is 1.51. The van der Waals surface area contributed by atoms with Crippen LogP contribution in [0.1, 0.15) is 17.5 Å². The zero-order valence-corrected chi connectivity index (χ0v) is 16.8. The molecule has 0 saturated carbocycles. The van der Waals surface area contributed by atoms with Crippen molar-refractivity contribution in [2.45, 2.75) is 26.4 Å². The van der Waals surface area contributed by atoms with Crippen molar-refractivity contribution in [1.29, 1.82) is 0 Å². The van der Waals surface area contributed by atoms with Gasteiger partial charge in [-0.3, -0.25) is 19.1 Å². The summed E-state index contributed by atoms with van der Waals surface area (Å²) in [5, 5.41) is 5.43. The van der Waals surface area contributed by atoms with Crippen LogP contribution in [0.5, 0.6) is 0 Å². The molecule has 3 heterocycles. The van der Waals surface area contributed by atoms with Crippen LogP contribution in [0.15, 0.2) is 65.3 Å². The van der Waals surface area contributed by atoms with E-state index in [-0.39, 0.29) is 24.4 Å². The highest BCUT2D eigenvalue weighted by molar-refractivity contribution is 7.17. The number of hydrogen-bond acceptors (Lipinski definition) is 5. The average molecular weight is 404 g/mol. The molecule has 1 amide bonds. The quantitative estimate of drug-likeness (QED) is 0.533. The van der Waals surface area contributed by atoms with Gasteiger partial charge in [-0.25, -0.2) is 4.98 Å². The minimum atomic E-state index is -0.120. The lowest BCUT2D eigenvalue weighted by atomic mass is 10.1. The molecule has 0 aliphatic rings. The Bertz CT molecular complexity index is 1200. The number of nitrogens with zero attached hydrogens (tertiary/aromatic N) is 3. The van der Waals surface area contributed by atoms with E-state index in [4.69, 9.17) is 0 Å². The Hall–Kier alpha value is -3.32. The molecule has 0 radical (unpaired) electrons. The largest absolute Gasteiger partial charge is 0.352 e. The molecule has 7 heteroatoms. The van der Waals surface area contributed by atoms with Gasteiger partial charge in [0.15, 0.2) is 0 Å².